The molecule has 0 aliphatic carbocycles. The van der Waals surface area contributed by atoms with Crippen molar-refractivity contribution in [3.8, 4) is 12.0 Å². The van der Waals surface area contributed by atoms with Gasteiger partial charge in [0.2, 0.25) is 5.95 Å². The molecule has 2 rings (SSSR count). The van der Waals surface area contributed by atoms with E-state index in [1.165, 1.54) is 0 Å². The maximum atomic E-state index is 5.55. The molecule has 1 fully saturated rings. The summed E-state index contributed by atoms with van der Waals surface area (Å²) in [5.74, 6) is 0.424. The van der Waals surface area contributed by atoms with Gasteiger partial charge in [-0.05, 0) is 26.7 Å². The Labute approximate surface area is 112 Å². The molecule has 7 nitrogen and oxygen atoms in total. The predicted octanol–water partition coefficient (Wildman–Crippen LogP) is 1.26. The van der Waals surface area contributed by atoms with Crippen molar-refractivity contribution in [2.24, 2.45) is 0 Å². The molecule has 106 valence electrons. The largest absolute Gasteiger partial charge is 0.461 e. The molecule has 1 aromatic rings. The van der Waals surface area contributed by atoms with Gasteiger partial charge >= 0.3 is 12.0 Å². The fraction of sp³-hybridized carbons (Fsp3) is 0.750. The van der Waals surface area contributed by atoms with Crippen LogP contribution in [0.1, 0.15) is 26.7 Å². The molecule has 0 radical (unpaired) electrons. The molecule has 1 N–H and O–H groups in total. The van der Waals surface area contributed by atoms with Crippen LogP contribution < -0.4 is 14.8 Å². The molecule has 1 aliphatic heterocycles. The van der Waals surface area contributed by atoms with Gasteiger partial charge in [-0.1, -0.05) is 0 Å². The van der Waals surface area contributed by atoms with E-state index in [-0.39, 0.29) is 24.2 Å². The number of hydrogen-bond donors (Lipinski definition) is 1. The standard InChI is InChI=1S/C12H20N4O3/c1-8(2)19-12-15-10(13-3)14-11(16-12)18-7-9-5-4-6-17-9/h8-9H,4-7H2,1-3H3,(H,13,14,15,16). The lowest BCUT2D eigenvalue weighted by atomic mass is 10.2. The zero-order valence-corrected chi connectivity index (χ0v) is 11.5. The fourth-order valence-electron chi connectivity index (χ4n) is 1.72. The lowest BCUT2D eigenvalue weighted by Crippen LogP contribution is -2.18. The fourth-order valence-corrected chi connectivity index (χ4v) is 1.72. The summed E-state index contributed by atoms with van der Waals surface area (Å²) < 4.78 is 16.5. The molecule has 0 spiro atoms. The van der Waals surface area contributed by atoms with Gasteiger partial charge in [0.15, 0.2) is 0 Å². The van der Waals surface area contributed by atoms with Gasteiger partial charge in [0, 0.05) is 13.7 Å². The number of anilines is 1. The molecule has 7 heteroatoms. The minimum Gasteiger partial charge on any atom is -0.461 e. The number of nitrogens with zero attached hydrogens (tertiary/aromatic N) is 3. The predicted molar refractivity (Wildman–Crippen MR) is 69.6 cm³/mol. The molecule has 1 saturated heterocycles. The third-order valence-electron chi connectivity index (χ3n) is 2.58. The van der Waals surface area contributed by atoms with E-state index in [4.69, 9.17) is 14.2 Å². The Balaban J connectivity index is 2.00. The van der Waals surface area contributed by atoms with Crippen molar-refractivity contribution in [3.05, 3.63) is 0 Å². The van der Waals surface area contributed by atoms with Gasteiger partial charge in [0.25, 0.3) is 0 Å². The highest BCUT2D eigenvalue weighted by Gasteiger charge is 2.17. The van der Waals surface area contributed by atoms with Gasteiger partial charge in [-0.3, -0.25) is 0 Å². The monoisotopic (exact) mass is 268 g/mol. The Morgan fingerprint density at radius 2 is 2.11 bits per heavy atom. The number of hydrogen-bond acceptors (Lipinski definition) is 7. The van der Waals surface area contributed by atoms with Crippen LogP contribution >= 0.6 is 0 Å². The topological polar surface area (TPSA) is 78.4 Å². The van der Waals surface area contributed by atoms with E-state index >= 15 is 0 Å². The second-order valence-electron chi connectivity index (χ2n) is 4.59. The van der Waals surface area contributed by atoms with Crippen molar-refractivity contribution in [1.82, 2.24) is 15.0 Å². The first-order chi connectivity index (χ1) is 9.17. The van der Waals surface area contributed by atoms with Crippen molar-refractivity contribution in [3.63, 3.8) is 0 Å². The highest BCUT2D eigenvalue weighted by atomic mass is 16.5. The molecular weight excluding hydrogens is 248 g/mol. The molecule has 2 heterocycles. The van der Waals surface area contributed by atoms with Crippen molar-refractivity contribution in [2.75, 3.05) is 25.6 Å². The van der Waals surface area contributed by atoms with E-state index in [1.54, 1.807) is 7.05 Å². The Bertz CT molecular complexity index is 408. The van der Waals surface area contributed by atoms with E-state index in [0.29, 0.717) is 12.6 Å². The summed E-state index contributed by atoms with van der Waals surface area (Å²) in [6, 6.07) is 0.516. The Hall–Kier alpha value is -1.63. The summed E-state index contributed by atoms with van der Waals surface area (Å²) in [6.45, 7) is 5.08. The minimum atomic E-state index is -0.00174. The second kappa shape index (κ2) is 6.51. The van der Waals surface area contributed by atoms with Crippen LogP contribution in [-0.2, 0) is 4.74 Å². The second-order valence-corrected chi connectivity index (χ2v) is 4.59. The summed E-state index contributed by atoms with van der Waals surface area (Å²) in [6.07, 6.45) is 2.22. The van der Waals surface area contributed by atoms with Crippen LogP contribution in [0, 0.1) is 0 Å². The Morgan fingerprint density at radius 1 is 1.32 bits per heavy atom. The van der Waals surface area contributed by atoms with Crippen molar-refractivity contribution in [1.29, 1.82) is 0 Å². The molecule has 1 unspecified atom stereocenters. The highest BCUT2D eigenvalue weighted by molar-refractivity contribution is 5.26. The molecular formula is C12H20N4O3. The molecule has 0 saturated carbocycles. The van der Waals surface area contributed by atoms with Gasteiger partial charge in [-0.25, -0.2) is 0 Å². The average Bonchev–Trinajstić information content (AvgIpc) is 2.88. The minimum absolute atomic E-state index is 0.00174. The molecule has 0 bridgehead atoms. The lowest BCUT2D eigenvalue weighted by Gasteiger charge is -2.12. The smallest absolute Gasteiger partial charge is 0.324 e. The Morgan fingerprint density at radius 3 is 2.74 bits per heavy atom. The highest BCUT2D eigenvalue weighted by Crippen LogP contribution is 2.16. The first kappa shape index (κ1) is 13.8. The van der Waals surface area contributed by atoms with E-state index in [1.807, 2.05) is 13.8 Å². The number of nitrogens with one attached hydrogen (secondary N) is 1. The first-order valence-electron chi connectivity index (χ1n) is 6.52. The summed E-state index contributed by atoms with van der Waals surface area (Å²) in [5.41, 5.74) is 0. The van der Waals surface area contributed by atoms with Crippen LogP contribution in [0.4, 0.5) is 5.95 Å². The van der Waals surface area contributed by atoms with E-state index in [2.05, 4.69) is 20.3 Å². The lowest BCUT2D eigenvalue weighted by molar-refractivity contribution is 0.0639. The third-order valence-corrected chi connectivity index (χ3v) is 2.58. The SMILES string of the molecule is CNc1nc(OCC2CCCO2)nc(OC(C)C)n1. The van der Waals surface area contributed by atoms with Crippen molar-refractivity contribution >= 4 is 5.95 Å². The van der Waals surface area contributed by atoms with E-state index < -0.39 is 0 Å². The zero-order chi connectivity index (χ0) is 13.7. The molecule has 1 aliphatic rings. The van der Waals surface area contributed by atoms with Gasteiger partial charge in [-0.15, -0.1) is 4.98 Å². The molecule has 1 aromatic heterocycles. The van der Waals surface area contributed by atoms with Crippen molar-refractivity contribution in [2.45, 2.75) is 38.9 Å². The van der Waals surface area contributed by atoms with Crippen LogP contribution in [-0.4, -0.2) is 47.4 Å². The molecule has 0 amide bonds. The zero-order valence-electron chi connectivity index (χ0n) is 11.5. The van der Waals surface area contributed by atoms with E-state index in [9.17, 15) is 0 Å². The summed E-state index contributed by atoms with van der Waals surface area (Å²) >= 11 is 0. The quantitative estimate of drug-likeness (QED) is 0.832. The average molecular weight is 268 g/mol. The van der Waals surface area contributed by atoms with Crippen LogP contribution in [0.3, 0.4) is 0 Å². The van der Waals surface area contributed by atoms with Crippen LogP contribution in [0.15, 0.2) is 0 Å². The normalized spacial score (nSPS) is 18.6. The number of rotatable bonds is 6. The van der Waals surface area contributed by atoms with E-state index in [0.717, 1.165) is 19.4 Å². The Kier molecular flexibility index (Phi) is 4.73. The van der Waals surface area contributed by atoms with Gasteiger partial charge in [-0.2, -0.15) is 9.97 Å². The van der Waals surface area contributed by atoms with Crippen LogP contribution in [0.25, 0.3) is 0 Å². The van der Waals surface area contributed by atoms with Gasteiger partial charge in [0.1, 0.15) is 6.61 Å². The molecule has 0 aromatic carbocycles. The number of ether oxygens (including phenoxy) is 3. The van der Waals surface area contributed by atoms with Crippen molar-refractivity contribution < 1.29 is 14.2 Å². The maximum absolute atomic E-state index is 5.55. The molecule has 19 heavy (non-hydrogen) atoms. The third kappa shape index (κ3) is 4.20. The summed E-state index contributed by atoms with van der Waals surface area (Å²) in [5, 5.41) is 2.86. The van der Waals surface area contributed by atoms with Crippen LogP contribution in [0.2, 0.25) is 0 Å². The van der Waals surface area contributed by atoms with Gasteiger partial charge < -0.3 is 19.5 Å². The maximum Gasteiger partial charge on any atom is 0.324 e. The summed E-state index contributed by atoms with van der Waals surface area (Å²) in [4.78, 5) is 12.4. The number of aromatic nitrogens is 3. The summed E-state index contributed by atoms with van der Waals surface area (Å²) in [7, 11) is 1.73. The first-order valence-corrected chi connectivity index (χ1v) is 6.52. The van der Waals surface area contributed by atoms with Crippen LogP contribution in [0.5, 0.6) is 12.0 Å². The molecule has 1 atom stereocenters. The van der Waals surface area contributed by atoms with Gasteiger partial charge in [0.05, 0.1) is 12.2 Å².